The molecule has 140 valence electrons. The van der Waals surface area contributed by atoms with Crippen molar-refractivity contribution in [2.45, 2.75) is 12.1 Å². The van der Waals surface area contributed by atoms with Crippen molar-refractivity contribution >= 4 is 34.1 Å². The number of aromatic nitrogens is 2. The summed E-state index contributed by atoms with van der Waals surface area (Å²) in [5.41, 5.74) is 2.28. The Kier molecular flexibility index (Phi) is 4.99. The first-order valence-corrected chi connectivity index (χ1v) is 9.62. The molecule has 0 spiro atoms. The van der Waals surface area contributed by atoms with Crippen molar-refractivity contribution in [3.05, 3.63) is 66.2 Å². The van der Waals surface area contributed by atoms with Crippen LogP contribution < -0.4 is 5.32 Å². The van der Waals surface area contributed by atoms with Crippen LogP contribution in [-0.4, -0.2) is 27.0 Å². The van der Waals surface area contributed by atoms with Gasteiger partial charge in [0.25, 0.3) is 11.1 Å². The number of aromatic hydroxyl groups is 1. The largest absolute Gasteiger partial charge is 0.507 e. The standard InChI is InChI=1S/C21H17N3O3S/c1-13-5-4-8-16(9-13)22-19(26)12-28-21-24-23-20(27-21)17-10-14-6-2-3-7-15(14)11-18(17)25/h2-11,25H,12H2,1H3,(H,22,26). The number of thioether (sulfide) groups is 1. The van der Waals surface area contributed by atoms with Crippen LogP contribution in [0, 0.1) is 6.92 Å². The lowest BCUT2D eigenvalue weighted by atomic mass is 10.1. The van der Waals surface area contributed by atoms with Crippen molar-refractivity contribution in [1.82, 2.24) is 10.2 Å². The van der Waals surface area contributed by atoms with E-state index in [1.165, 1.54) is 0 Å². The van der Waals surface area contributed by atoms with E-state index < -0.39 is 0 Å². The molecule has 1 amide bonds. The number of nitrogens with one attached hydrogen (secondary N) is 1. The van der Waals surface area contributed by atoms with Gasteiger partial charge in [-0.25, -0.2) is 0 Å². The Bertz CT molecular complexity index is 1160. The first kappa shape index (κ1) is 18.1. The number of anilines is 1. The van der Waals surface area contributed by atoms with Crippen molar-refractivity contribution in [3.8, 4) is 17.2 Å². The van der Waals surface area contributed by atoms with Crippen molar-refractivity contribution < 1.29 is 14.3 Å². The average Bonchev–Trinajstić information content (AvgIpc) is 3.14. The number of phenols is 1. The molecule has 28 heavy (non-hydrogen) atoms. The van der Waals surface area contributed by atoms with Gasteiger partial charge in [0.1, 0.15) is 5.75 Å². The quantitative estimate of drug-likeness (QED) is 0.482. The first-order chi connectivity index (χ1) is 13.6. The van der Waals surface area contributed by atoms with Gasteiger partial charge in [-0.05, 0) is 47.5 Å². The SMILES string of the molecule is Cc1cccc(NC(=O)CSc2nnc(-c3cc4ccccc4cc3O)o2)c1. The molecule has 7 heteroatoms. The summed E-state index contributed by atoms with van der Waals surface area (Å²) in [5.74, 6) is 0.254. The number of hydrogen-bond donors (Lipinski definition) is 2. The molecular formula is C21H17N3O3S. The van der Waals surface area contributed by atoms with E-state index in [1.807, 2.05) is 55.5 Å². The fourth-order valence-electron chi connectivity index (χ4n) is 2.82. The molecule has 1 heterocycles. The Hall–Kier alpha value is -3.32. The number of carbonyl (C=O) groups excluding carboxylic acids is 1. The molecule has 0 fully saturated rings. The number of carbonyl (C=O) groups is 1. The van der Waals surface area contributed by atoms with Gasteiger partial charge in [0.15, 0.2) is 0 Å². The molecule has 0 radical (unpaired) electrons. The molecule has 0 saturated heterocycles. The zero-order chi connectivity index (χ0) is 19.5. The molecule has 0 aliphatic heterocycles. The van der Waals surface area contributed by atoms with E-state index >= 15 is 0 Å². The van der Waals surface area contributed by atoms with E-state index in [0.29, 0.717) is 5.56 Å². The van der Waals surface area contributed by atoms with Crippen LogP contribution in [0.3, 0.4) is 0 Å². The van der Waals surface area contributed by atoms with Crippen molar-refractivity contribution in [2.75, 3.05) is 11.1 Å². The van der Waals surface area contributed by atoms with Crippen LogP contribution >= 0.6 is 11.8 Å². The smallest absolute Gasteiger partial charge is 0.277 e. The molecule has 4 aromatic rings. The lowest BCUT2D eigenvalue weighted by molar-refractivity contribution is -0.113. The van der Waals surface area contributed by atoms with E-state index in [-0.39, 0.29) is 28.5 Å². The fourth-order valence-corrected chi connectivity index (χ4v) is 3.39. The number of benzene rings is 3. The van der Waals surface area contributed by atoms with E-state index in [0.717, 1.165) is 33.8 Å². The number of hydrogen-bond acceptors (Lipinski definition) is 6. The summed E-state index contributed by atoms with van der Waals surface area (Å²) in [7, 11) is 0. The molecule has 0 saturated carbocycles. The lowest BCUT2D eigenvalue weighted by Crippen LogP contribution is -2.13. The highest BCUT2D eigenvalue weighted by Crippen LogP contribution is 2.33. The third-order valence-corrected chi connectivity index (χ3v) is 4.95. The second kappa shape index (κ2) is 7.74. The highest BCUT2D eigenvalue weighted by atomic mass is 32.2. The summed E-state index contributed by atoms with van der Waals surface area (Å²) in [5, 5.41) is 23.2. The summed E-state index contributed by atoms with van der Waals surface area (Å²) in [4.78, 5) is 12.1. The van der Waals surface area contributed by atoms with Crippen LogP contribution in [0.25, 0.3) is 22.2 Å². The van der Waals surface area contributed by atoms with Crippen LogP contribution in [0.4, 0.5) is 5.69 Å². The normalized spacial score (nSPS) is 10.9. The topological polar surface area (TPSA) is 88.2 Å². The molecule has 0 unspecified atom stereocenters. The van der Waals surface area contributed by atoms with E-state index in [9.17, 15) is 9.90 Å². The molecule has 0 aliphatic carbocycles. The summed E-state index contributed by atoms with van der Waals surface area (Å²) < 4.78 is 5.62. The molecule has 0 bridgehead atoms. The van der Waals surface area contributed by atoms with Crippen molar-refractivity contribution in [1.29, 1.82) is 0 Å². The van der Waals surface area contributed by atoms with Gasteiger partial charge in [-0.15, -0.1) is 10.2 Å². The Balaban J connectivity index is 1.45. The van der Waals surface area contributed by atoms with Gasteiger partial charge in [0, 0.05) is 5.69 Å². The predicted molar refractivity (Wildman–Crippen MR) is 109 cm³/mol. The maximum Gasteiger partial charge on any atom is 0.277 e. The Morgan fingerprint density at radius 1 is 1.07 bits per heavy atom. The Morgan fingerprint density at radius 2 is 1.86 bits per heavy atom. The number of amides is 1. The Morgan fingerprint density at radius 3 is 2.64 bits per heavy atom. The third kappa shape index (κ3) is 3.99. The second-order valence-corrected chi connectivity index (χ2v) is 7.22. The van der Waals surface area contributed by atoms with Crippen molar-refractivity contribution in [2.24, 2.45) is 0 Å². The number of aryl methyl sites for hydroxylation is 1. The second-order valence-electron chi connectivity index (χ2n) is 6.30. The number of fused-ring (bicyclic) bond motifs is 1. The molecule has 6 nitrogen and oxygen atoms in total. The van der Waals surface area contributed by atoms with Gasteiger partial charge < -0.3 is 14.8 Å². The lowest BCUT2D eigenvalue weighted by Gasteiger charge is -2.04. The van der Waals surface area contributed by atoms with Gasteiger partial charge in [-0.3, -0.25) is 4.79 Å². The molecule has 4 rings (SSSR count). The molecule has 0 atom stereocenters. The molecular weight excluding hydrogens is 374 g/mol. The summed E-state index contributed by atoms with van der Waals surface area (Å²) in [6.07, 6.45) is 0. The van der Waals surface area contributed by atoms with E-state index in [4.69, 9.17) is 4.42 Å². The van der Waals surface area contributed by atoms with E-state index in [1.54, 1.807) is 12.1 Å². The van der Waals surface area contributed by atoms with Crippen LogP contribution in [0.2, 0.25) is 0 Å². The predicted octanol–water partition coefficient (Wildman–Crippen LogP) is 4.63. The zero-order valence-electron chi connectivity index (χ0n) is 15.0. The zero-order valence-corrected chi connectivity index (χ0v) is 15.9. The van der Waals surface area contributed by atoms with Gasteiger partial charge in [-0.1, -0.05) is 48.2 Å². The van der Waals surface area contributed by atoms with Crippen LogP contribution in [0.1, 0.15) is 5.56 Å². The minimum atomic E-state index is -0.163. The van der Waals surface area contributed by atoms with Crippen LogP contribution in [-0.2, 0) is 4.79 Å². The molecule has 2 N–H and O–H groups in total. The van der Waals surface area contributed by atoms with Gasteiger partial charge in [0.05, 0.1) is 11.3 Å². The van der Waals surface area contributed by atoms with Gasteiger partial charge >= 0.3 is 0 Å². The molecule has 1 aromatic heterocycles. The Labute approximate surface area is 165 Å². The summed E-state index contributed by atoms with van der Waals surface area (Å²) in [6, 6.07) is 18.7. The van der Waals surface area contributed by atoms with E-state index in [2.05, 4.69) is 15.5 Å². The third-order valence-electron chi connectivity index (χ3n) is 4.13. The highest BCUT2D eigenvalue weighted by Gasteiger charge is 2.15. The molecule has 0 aliphatic rings. The number of nitrogens with zero attached hydrogens (tertiary/aromatic N) is 2. The van der Waals surface area contributed by atoms with Crippen LogP contribution in [0.15, 0.2) is 70.3 Å². The molecule has 3 aromatic carbocycles. The number of phenolic OH excluding ortho intramolecular Hbond substituents is 1. The number of rotatable bonds is 5. The van der Waals surface area contributed by atoms with Crippen molar-refractivity contribution in [3.63, 3.8) is 0 Å². The fraction of sp³-hybridized carbons (Fsp3) is 0.0952. The maximum atomic E-state index is 12.1. The minimum Gasteiger partial charge on any atom is -0.507 e. The van der Waals surface area contributed by atoms with Crippen LogP contribution in [0.5, 0.6) is 5.75 Å². The minimum absolute atomic E-state index is 0.0658. The van der Waals surface area contributed by atoms with Gasteiger partial charge in [0.2, 0.25) is 5.91 Å². The summed E-state index contributed by atoms with van der Waals surface area (Å²) >= 11 is 1.14. The van der Waals surface area contributed by atoms with Gasteiger partial charge in [-0.2, -0.15) is 0 Å². The monoisotopic (exact) mass is 391 g/mol. The summed E-state index contributed by atoms with van der Waals surface area (Å²) in [6.45, 7) is 1.96. The first-order valence-electron chi connectivity index (χ1n) is 8.63. The maximum absolute atomic E-state index is 12.1. The highest BCUT2D eigenvalue weighted by molar-refractivity contribution is 7.99. The average molecular weight is 391 g/mol.